The van der Waals surface area contributed by atoms with E-state index in [2.05, 4.69) is 40.4 Å². The lowest BCUT2D eigenvalue weighted by molar-refractivity contribution is 0.479. The normalized spacial score (nSPS) is 11.1. The molecule has 2 aromatic heterocycles. The van der Waals surface area contributed by atoms with Crippen molar-refractivity contribution in [2.75, 3.05) is 13.1 Å². The van der Waals surface area contributed by atoms with Crippen molar-refractivity contribution in [3.8, 4) is 10.9 Å². The average molecular weight is 341 g/mol. The molecule has 126 valence electrons. The Labute approximate surface area is 146 Å². The van der Waals surface area contributed by atoms with Gasteiger partial charge in [-0.05, 0) is 62.2 Å². The number of thiazole rings is 1. The summed E-state index contributed by atoms with van der Waals surface area (Å²) in [6, 6.07) is 10.3. The van der Waals surface area contributed by atoms with E-state index in [1.165, 1.54) is 29.7 Å². The van der Waals surface area contributed by atoms with E-state index in [0.717, 1.165) is 41.2 Å². The summed E-state index contributed by atoms with van der Waals surface area (Å²) in [7, 11) is 0. The Morgan fingerprint density at radius 2 is 2.00 bits per heavy atom. The van der Waals surface area contributed by atoms with Crippen LogP contribution in [0.1, 0.15) is 30.9 Å². The Bertz CT molecular complexity index is 783. The lowest BCUT2D eigenvalue weighted by Gasteiger charge is -2.05. The van der Waals surface area contributed by atoms with E-state index in [1.807, 2.05) is 25.3 Å². The molecule has 0 unspecified atom stereocenters. The summed E-state index contributed by atoms with van der Waals surface area (Å²) in [6.07, 6.45) is 5.34. The van der Waals surface area contributed by atoms with Gasteiger partial charge in [-0.25, -0.2) is 4.98 Å². The van der Waals surface area contributed by atoms with Crippen molar-refractivity contribution in [2.45, 2.75) is 33.1 Å². The Morgan fingerprint density at radius 1 is 1.17 bits per heavy atom. The van der Waals surface area contributed by atoms with Crippen molar-refractivity contribution in [2.24, 2.45) is 0 Å². The van der Waals surface area contributed by atoms with Gasteiger partial charge in [0.25, 0.3) is 5.19 Å². The number of aryl methyl sites for hydroxylation is 1. The fourth-order valence-corrected chi connectivity index (χ4v) is 3.32. The smallest absolute Gasteiger partial charge is 0.281 e. The molecule has 0 atom stereocenters. The van der Waals surface area contributed by atoms with E-state index in [1.54, 1.807) is 0 Å². The molecular formula is C19H23N3OS. The van der Waals surface area contributed by atoms with Gasteiger partial charge in [-0.2, -0.15) is 4.98 Å². The summed E-state index contributed by atoms with van der Waals surface area (Å²) in [5.74, 6) is 0.813. The molecule has 0 spiro atoms. The molecule has 4 nitrogen and oxygen atoms in total. The second-order valence-corrected chi connectivity index (χ2v) is 6.91. The highest BCUT2D eigenvalue weighted by Crippen LogP contribution is 2.30. The summed E-state index contributed by atoms with van der Waals surface area (Å²) in [6.45, 7) is 6.36. The molecule has 0 aliphatic rings. The lowest BCUT2D eigenvalue weighted by Crippen LogP contribution is -2.18. The van der Waals surface area contributed by atoms with Gasteiger partial charge in [-0.3, -0.25) is 0 Å². The first-order chi connectivity index (χ1) is 11.7. The summed E-state index contributed by atoms with van der Waals surface area (Å²) in [4.78, 5) is 8.75. The molecule has 0 radical (unpaired) electrons. The van der Waals surface area contributed by atoms with Gasteiger partial charge in [0.05, 0.1) is 4.70 Å². The Morgan fingerprint density at radius 3 is 2.79 bits per heavy atom. The SMILES string of the molecule is CCCCNCCc1ccc(Oc2nc3ncc(C)cc3s2)cc1. The highest BCUT2D eigenvalue weighted by Gasteiger charge is 2.07. The number of hydrogen-bond donors (Lipinski definition) is 1. The zero-order valence-electron chi connectivity index (χ0n) is 14.2. The van der Waals surface area contributed by atoms with Gasteiger partial charge in [0.2, 0.25) is 0 Å². The van der Waals surface area contributed by atoms with Crippen LogP contribution >= 0.6 is 11.3 Å². The molecule has 1 N–H and O–H groups in total. The van der Waals surface area contributed by atoms with Gasteiger partial charge in [-0.1, -0.05) is 36.8 Å². The predicted molar refractivity (Wildman–Crippen MR) is 100 cm³/mol. The van der Waals surface area contributed by atoms with Crippen molar-refractivity contribution in [1.82, 2.24) is 15.3 Å². The van der Waals surface area contributed by atoms with Crippen molar-refractivity contribution in [3.63, 3.8) is 0 Å². The minimum absolute atomic E-state index is 0.636. The molecule has 0 saturated carbocycles. The Hall–Kier alpha value is -1.98. The van der Waals surface area contributed by atoms with E-state index in [4.69, 9.17) is 4.74 Å². The van der Waals surface area contributed by atoms with Crippen molar-refractivity contribution in [1.29, 1.82) is 0 Å². The fraction of sp³-hybridized carbons (Fsp3) is 0.368. The maximum atomic E-state index is 5.87. The van der Waals surface area contributed by atoms with Gasteiger partial charge >= 0.3 is 0 Å². The molecule has 0 aliphatic carbocycles. The van der Waals surface area contributed by atoms with E-state index < -0.39 is 0 Å². The molecule has 1 aromatic carbocycles. The molecule has 0 aliphatic heterocycles. The quantitative estimate of drug-likeness (QED) is 0.602. The van der Waals surface area contributed by atoms with Crippen LogP contribution in [0.5, 0.6) is 10.9 Å². The minimum atomic E-state index is 0.636. The summed E-state index contributed by atoms with van der Waals surface area (Å²) < 4.78 is 6.92. The number of aromatic nitrogens is 2. The summed E-state index contributed by atoms with van der Waals surface area (Å²) in [5.41, 5.74) is 3.19. The van der Waals surface area contributed by atoms with E-state index in [-0.39, 0.29) is 0 Å². The van der Waals surface area contributed by atoms with Crippen LogP contribution in [-0.2, 0) is 6.42 Å². The molecular weight excluding hydrogens is 318 g/mol. The maximum Gasteiger partial charge on any atom is 0.281 e. The molecule has 3 rings (SSSR count). The monoisotopic (exact) mass is 341 g/mol. The van der Waals surface area contributed by atoms with E-state index in [9.17, 15) is 0 Å². The average Bonchev–Trinajstić information content (AvgIpc) is 2.97. The topological polar surface area (TPSA) is 47.0 Å². The first kappa shape index (κ1) is 16.9. The van der Waals surface area contributed by atoms with E-state index >= 15 is 0 Å². The molecule has 24 heavy (non-hydrogen) atoms. The molecule has 3 aromatic rings. The largest absolute Gasteiger partial charge is 0.431 e. The highest BCUT2D eigenvalue weighted by molar-refractivity contribution is 7.20. The van der Waals surface area contributed by atoms with Crippen molar-refractivity contribution >= 4 is 21.7 Å². The van der Waals surface area contributed by atoms with Crippen LogP contribution in [0.25, 0.3) is 10.3 Å². The van der Waals surface area contributed by atoms with E-state index in [0.29, 0.717) is 5.19 Å². The minimum Gasteiger partial charge on any atom is -0.431 e. The number of rotatable bonds is 8. The number of nitrogens with zero attached hydrogens (tertiary/aromatic N) is 2. The highest BCUT2D eigenvalue weighted by atomic mass is 32.1. The van der Waals surface area contributed by atoms with Crippen LogP contribution in [0.4, 0.5) is 0 Å². The van der Waals surface area contributed by atoms with Crippen LogP contribution in [0.3, 0.4) is 0 Å². The number of fused-ring (bicyclic) bond motifs is 1. The molecule has 5 heteroatoms. The van der Waals surface area contributed by atoms with Gasteiger partial charge < -0.3 is 10.1 Å². The number of nitrogens with one attached hydrogen (secondary N) is 1. The first-order valence-corrected chi connectivity index (χ1v) is 9.27. The standard InChI is InChI=1S/C19H23N3OS/c1-3-4-10-20-11-9-15-5-7-16(8-6-15)23-19-22-18-17(24-19)12-14(2)13-21-18/h5-8,12-13,20H,3-4,9-11H2,1-2H3. The zero-order valence-corrected chi connectivity index (χ0v) is 15.0. The van der Waals surface area contributed by atoms with Crippen LogP contribution in [0.2, 0.25) is 0 Å². The number of pyridine rings is 1. The molecule has 0 bridgehead atoms. The summed E-state index contributed by atoms with van der Waals surface area (Å²) in [5, 5.41) is 4.10. The summed E-state index contributed by atoms with van der Waals surface area (Å²) >= 11 is 1.53. The molecule has 0 amide bonds. The van der Waals surface area contributed by atoms with Gasteiger partial charge in [0.15, 0.2) is 5.65 Å². The van der Waals surface area contributed by atoms with Gasteiger partial charge in [0.1, 0.15) is 5.75 Å². The Kier molecular flexibility index (Phi) is 5.77. The predicted octanol–water partition coefficient (Wildman–Crippen LogP) is 4.72. The van der Waals surface area contributed by atoms with Gasteiger partial charge in [-0.15, -0.1) is 0 Å². The molecule has 0 saturated heterocycles. The van der Waals surface area contributed by atoms with Crippen molar-refractivity contribution in [3.05, 3.63) is 47.7 Å². The van der Waals surface area contributed by atoms with Crippen LogP contribution < -0.4 is 10.1 Å². The third kappa shape index (κ3) is 4.52. The first-order valence-electron chi connectivity index (χ1n) is 8.45. The third-order valence-electron chi connectivity index (χ3n) is 3.79. The Balaban J connectivity index is 1.57. The number of ether oxygens (including phenoxy) is 1. The maximum absolute atomic E-state index is 5.87. The number of benzene rings is 1. The molecule has 0 fully saturated rings. The fourth-order valence-electron chi connectivity index (χ4n) is 2.43. The number of hydrogen-bond acceptors (Lipinski definition) is 5. The van der Waals surface area contributed by atoms with Crippen LogP contribution in [0, 0.1) is 6.92 Å². The molecule has 2 heterocycles. The zero-order chi connectivity index (χ0) is 16.8. The number of unbranched alkanes of at least 4 members (excludes halogenated alkanes) is 1. The van der Waals surface area contributed by atoms with Crippen LogP contribution in [0.15, 0.2) is 36.5 Å². The second-order valence-electron chi connectivity index (χ2n) is 5.91. The third-order valence-corrected chi connectivity index (χ3v) is 4.66. The van der Waals surface area contributed by atoms with Gasteiger partial charge in [0, 0.05) is 6.20 Å². The second kappa shape index (κ2) is 8.22. The lowest BCUT2D eigenvalue weighted by atomic mass is 10.1. The van der Waals surface area contributed by atoms with Crippen LogP contribution in [-0.4, -0.2) is 23.1 Å². The van der Waals surface area contributed by atoms with Crippen molar-refractivity contribution < 1.29 is 4.74 Å².